The molecule has 2 aliphatic heterocycles. The normalized spacial score (nSPS) is 29.2. The number of nitrogens with zero attached hydrogens (tertiary/aromatic N) is 1. The fourth-order valence-electron chi connectivity index (χ4n) is 3.38. The molecule has 4 nitrogen and oxygen atoms in total. The number of ketones is 1. The molecule has 122 valence electrons. The Morgan fingerprint density at radius 1 is 1.32 bits per heavy atom. The number of Topliss-reactive ketones (excluding diaryl/α,β-unsaturated/α-hetero) is 1. The van der Waals surface area contributed by atoms with E-state index in [1.165, 1.54) is 13.0 Å². The second-order valence-corrected chi connectivity index (χ2v) is 5.95. The van der Waals surface area contributed by atoms with Gasteiger partial charge in [-0.25, -0.2) is 0 Å². The Hall–Kier alpha value is -1.62. The number of rotatable bonds is 0. The smallest absolute Gasteiger partial charge is 0.318 e. The highest BCUT2D eigenvalue weighted by atomic mass is 19.1. The Morgan fingerprint density at radius 2 is 2.09 bits per heavy atom. The van der Waals surface area contributed by atoms with Gasteiger partial charge in [0.05, 0.1) is 5.69 Å². The number of alkyl halides is 1. The van der Waals surface area contributed by atoms with Gasteiger partial charge in [-0.1, -0.05) is 19.6 Å². The van der Waals surface area contributed by atoms with Crippen molar-refractivity contribution >= 4 is 11.5 Å². The molecule has 0 spiro atoms. The highest BCUT2D eigenvalue weighted by Gasteiger charge is 2.36. The summed E-state index contributed by atoms with van der Waals surface area (Å²) in [4.78, 5) is 13.5. The van der Waals surface area contributed by atoms with Crippen molar-refractivity contribution in [2.45, 2.75) is 45.6 Å². The molecule has 1 aromatic carbocycles. The number of nitrogens with one attached hydrogen (secondary N) is 1. The van der Waals surface area contributed by atoms with Crippen LogP contribution in [0.2, 0.25) is 0 Å². The lowest BCUT2D eigenvalue weighted by Crippen LogP contribution is -2.35. The first-order valence-corrected chi connectivity index (χ1v) is 7.52. The van der Waals surface area contributed by atoms with Crippen LogP contribution in [-0.4, -0.2) is 36.8 Å². The molecule has 1 saturated heterocycles. The van der Waals surface area contributed by atoms with Crippen LogP contribution < -0.4 is 10.1 Å². The maximum Gasteiger partial charge on any atom is 0.318 e. The number of likely N-dealkylation sites (tertiary alicyclic amines) is 1. The number of anilines is 1. The molecule has 2 fully saturated rings. The summed E-state index contributed by atoms with van der Waals surface area (Å²) < 4.78 is 17.1. The number of fused-ring (bicyclic) bond motifs is 2. The molecular formula is C17H25FN2O2. The summed E-state index contributed by atoms with van der Waals surface area (Å²) in [5.74, 6) is 1.88. The molecule has 0 aromatic heterocycles. The summed E-state index contributed by atoms with van der Waals surface area (Å²) >= 11 is 0. The Labute approximate surface area is 131 Å². The largest absolute Gasteiger partial charge is 0.441 e. The molecule has 0 radical (unpaired) electrons. The Balaban J connectivity index is 0.000000154. The van der Waals surface area contributed by atoms with E-state index in [1.54, 1.807) is 18.2 Å². The monoisotopic (exact) mass is 308 g/mol. The molecule has 1 saturated carbocycles. The van der Waals surface area contributed by atoms with Crippen LogP contribution in [0.1, 0.15) is 33.1 Å². The average Bonchev–Trinajstić information content (AvgIpc) is 3.02. The molecule has 0 bridgehead atoms. The third kappa shape index (κ3) is 3.58. The summed E-state index contributed by atoms with van der Waals surface area (Å²) in [5, 5.41) is 2.51. The number of carbonyl (C=O) groups excluding carboxylic acids is 1. The predicted molar refractivity (Wildman–Crippen MR) is 85.7 cm³/mol. The van der Waals surface area contributed by atoms with Crippen molar-refractivity contribution in [2.75, 3.05) is 18.9 Å². The van der Waals surface area contributed by atoms with Crippen molar-refractivity contribution in [3.8, 4) is 5.75 Å². The summed E-state index contributed by atoms with van der Waals surface area (Å²) in [6.07, 6.45) is 4.12. The van der Waals surface area contributed by atoms with E-state index in [2.05, 4.69) is 17.3 Å². The maximum absolute atomic E-state index is 12.4. The highest BCUT2D eigenvalue weighted by Crippen LogP contribution is 2.33. The lowest BCUT2D eigenvalue weighted by molar-refractivity contribution is -0.122. The second kappa shape index (κ2) is 7.09. The van der Waals surface area contributed by atoms with Gasteiger partial charge in [0.2, 0.25) is 0 Å². The van der Waals surface area contributed by atoms with Crippen LogP contribution >= 0.6 is 0 Å². The topological polar surface area (TPSA) is 41.6 Å². The first-order valence-electron chi connectivity index (χ1n) is 7.52. The number of para-hydroxylation sites is 2. The van der Waals surface area contributed by atoms with Gasteiger partial charge in [-0.05, 0) is 44.5 Å². The van der Waals surface area contributed by atoms with Crippen LogP contribution in [0.4, 0.5) is 10.1 Å². The molecule has 1 N–H and O–H groups in total. The molecule has 3 atom stereocenters. The van der Waals surface area contributed by atoms with Gasteiger partial charge in [-0.3, -0.25) is 4.79 Å². The van der Waals surface area contributed by atoms with E-state index >= 15 is 0 Å². The fourth-order valence-corrected chi connectivity index (χ4v) is 3.38. The van der Waals surface area contributed by atoms with Gasteiger partial charge in [-0.2, -0.15) is 4.39 Å². The van der Waals surface area contributed by atoms with E-state index < -0.39 is 6.48 Å². The standard InChI is InChI=1S/C9H15NO.C7H6FNO.CH4/c1-10-5-4-7-2-3-8(11)6-9(7)10;8-7-9-5-3-1-2-4-6(5)10-7;/h7,9H,2-6H2,1H3;1-4,7,9H;1H4. The van der Waals surface area contributed by atoms with Crippen molar-refractivity contribution in [2.24, 2.45) is 5.92 Å². The zero-order valence-electron chi connectivity index (χ0n) is 12.2. The molecule has 1 aromatic rings. The lowest BCUT2D eigenvalue weighted by Gasteiger charge is -2.28. The third-order valence-corrected chi connectivity index (χ3v) is 4.58. The molecular weight excluding hydrogens is 283 g/mol. The van der Waals surface area contributed by atoms with Gasteiger partial charge >= 0.3 is 6.48 Å². The first-order chi connectivity index (χ1) is 10.1. The third-order valence-electron chi connectivity index (χ3n) is 4.58. The lowest BCUT2D eigenvalue weighted by atomic mass is 9.84. The first kappa shape index (κ1) is 16.7. The van der Waals surface area contributed by atoms with Crippen molar-refractivity contribution in [3.63, 3.8) is 0 Å². The maximum atomic E-state index is 12.4. The van der Waals surface area contributed by atoms with Crippen molar-refractivity contribution in [1.82, 2.24) is 4.90 Å². The number of hydrogen-bond acceptors (Lipinski definition) is 4. The van der Waals surface area contributed by atoms with Gasteiger partial charge in [-0.15, -0.1) is 0 Å². The zero-order valence-corrected chi connectivity index (χ0v) is 12.2. The highest BCUT2D eigenvalue weighted by molar-refractivity contribution is 5.80. The minimum Gasteiger partial charge on any atom is -0.441 e. The van der Waals surface area contributed by atoms with E-state index in [0.717, 1.165) is 30.9 Å². The number of halogens is 1. The summed E-state index contributed by atoms with van der Waals surface area (Å²) in [7, 11) is 2.14. The van der Waals surface area contributed by atoms with Gasteiger partial charge in [0.15, 0.2) is 0 Å². The predicted octanol–water partition coefficient (Wildman–Crippen LogP) is 3.44. The summed E-state index contributed by atoms with van der Waals surface area (Å²) in [6, 6.07) is 7.72. The Morgan fingerprint density at radius 3 is 2.86 bits per heavy atom. The minimum atomic E-state index is -1.38. The molecule has 22 heavy (non-hydrogen) atoms. The number of hydrogen-bond donors (Lipinski definition) is 1. The SMILES string of the molecule is C.CN1CCC2CCC(=O)CC21.FC1Nc2ccccc2O1. The molecule has 3 aliphatic rings. The van der Waals surface area contributed by atoms with Gasteiger partial charge in [0, 0.05) is 18.9 Å². The van der Waals surface area contributed by atoms with Crippen LogP contribution in [0.5, 0.6) is 5.75 Å². The molecule has 4 rings (SSSR count). The summed E-state index contributed by atoms with van der Waals surface area (Å²) in [6.45, 7) is -0.180. The molecule has 2 heterocycles. The van der Waals surface area contributed by atoms with Crippen molar-refractivity contribution < 1.29 is 13.9 Å². The van der Waals surface area contributed by atoms with Crippen LogP contribution in [-0.2, 0) is 4.79 Å². The van der Waals surface area contributed by atoms with Crippen molar-refractivity contribution in [3.05, 3.63) is 24.3 Å². The molecule has 1 aliphatic carbocycles. The number of ether oxygens (including phenoxy) is 1. The quantitative estimate of drug-likeness (QED) is 0.746. The minimum absolute atomic E-state index is 0. The number of benzene rings is 1. The fraction of sp³-hybridized carbons (Fsp3) is 0.588. The van der Waals surface area contributed by atoms with E-state index in [4.69, 9.17) is 4.74 Å². The van der Waals surface area contributed by atoms with Crippen LogP contribution in [0.3, 0.4) is 0 Å². The van der Waals surface area contributed by atoms with Gasteiger partial charge in [0.25, 0.3) is 0 Å². The molecule has 0 amide bonds. The van der Waals surface area contributed by atoms with Crippen LogP contribution in [0.15, 0.2) is 24.3 Å². The van der Waals surface area contributed by atoms with E-state index in [-0.39, 0.29) is 7.43 Å². The van der Waals surface area contributed by atoms with E-state index in [9.17, 15) is 9.18 Å². The molecule has 5 heteroatoms. The Kier molecular flexibility index (Phi) is 5.40. The Bertz CT molecular complexity index is 498. The van der Waals surface area contributed by atoms with Crippen LogP contribution in [0.25, 0.3) is 0 Å². The van der Waals surface area contributed by atoms with Gasteiger partial charge in [0.1, 0.15) is 11.5 Å². The molecule has 3 unspecified atom stereocenters. The van der Waals surface area contributed by atoms with E-state index in [0.29, 0.717) is 17.6 Å². The average molecular weight is 308 g/mol. The summed E-state index contributed by atoms with van der Waals surface area (Å²) in [5.41, 5.74) is 0.718. The second-order valence-electron chi connectivity index (χ2n) is 5.95. The van der Waals surface area contributed by atoms with E-state index in [1.807, 2.05) is 6.07 Å². The van der Waals surface area contributed by atoms with Gasteiger partial charge < -0.3 is 15.0 Å². The number of carbonyl (C=O) groups is 1. The zero-order chi connectivity index (χ0) is 14.8. The van der Waals surface area contributed by atoms with Crippen molar-refractivity contribution in [1.29, 1.82) is 0 Å². The van der Waals surface area contributed by atoms with Crippen LogP contribution in [0, 0.1) is 5.92 Å².